The first-order valence-electron chi connectivity index (χ1n) is 7.25. The van der Waals surface area contributed by atoms with Crippen molar-refractivity contribution >= 4 is 11.2 Å². The summed E-state index contributed by atoms with van der Waals surface area (Å²) in [6, 6.07) is 7.91. The van der Waals surface area contributed by atoms with Gasteiger partial charge in [-0.2, -0.15) is 0 Å². The lowest BCUT2D eigenvalue weighted by atomic mass is 10.0. The van der Waals surface area contributed by atoms with Crippen molar-refractivity contribution in [1.29, 1.82) is 0 Å². The SMILES string of the molecule is c1cnc2c(c1)nc(C1CCCOC1)n2-c1ccncc1. The summed E-state index contributed by atoms with van der Waals surface area (Å²) >= 11 is 0. The molecule has 0 spiro atoms. The van der Waals surface area contributed by atoms with Crippen LogP contribution in [0.5, 0.6) is 0 Å². The highest BCUT2D eigenvalue weighted by atomic mass is 16.5. The van der Waals surface area contributed by atoms with Gasteiger partial charge in [0, 0.05) is 31.1 Å². The number of hydrogen-bond donors (Lipinski definition) is 0. The Kier molecular flexibility index (Phi) is 3.12. The molecule has 1 aliphatic heterocycles. The topological polar surface area (TPSA) is 52.8 Å². The summed E-state index contributed by atoms with van der Waals surface area (Å²) in [4.78, 5) is 13.4. The maximum absolute atomic E-state index is 5.64. The maximum atomic E-state index is 5.64. The number of aromatic nitrogens is 4. The zero-order valence-corrected chi connectivity index (χ0v) is 11.6. The standard InChI is InChI=1S/C16H16N4O/c1-4-14-16(18-7-1)20(13-5-8-17-9-6-13)15(19-14)12-3-2-10-21-11-12/h1,4-9,12H,2-3,10-11H2. The Morgan fingerprint density at radius 3 is 2.86 bits per heavy atom. The molecule has 5 nitrogen and oxygen atoms in total. The van der Waals surface area contributed by atoms with Crippen LogP contribution in [-0.2, 0) is 4.74 Å². The van der Waals surface area contributed by atoms with Crippen LogP contribution in [0.15, 0.2) is 42.9 Å². The van der Waals surface area contributed by atoms with Crippen LogP contribution < -0.4 is 0 Å². The Morgan fingerprint density at radius 1 is 1.14 bits per heavy atom. The number of imidazole rings is 1. The second kappa shape index (κ2) is 5.26. The fraction of sp³-hybridized carbons (Fsp3) is 0.312. The molecule has 1 unspecified atom stereocenters. The lowest BCUT2D eigenvalue weighted by Crippen LogP contribution is -2.19. The molecule has 1 saturated heterocycles. The molecule has 1 aliphatic rings. The summed E-state index contributed by atoms with van der Waals surface area (Å²) in [5.74, 6) is 1.36. The highest BCUT2D eigenvalue weighted by molar-refractivity contribution is 5.74. The number of fused-ring (bicyclic) bond motifs is 1. The van der Waals surface area contributed by atoms with Gasteiger partial charge in [-0.3, -0.25) is 9.55 Å². The van der Waals surface area contributed by atoms with Gasteiger partial charge in [0.1, 0.15) is 11.3 Å². The van der Waals surface area contributed by atoms with Gasteiger partial charge in [-0.25, -0.2) is 9.97 Å². The van der Waals surface area contributed by atoms with Crippen LogP contribution in [0.25, 0.3) is 16.9 Å². The number of nitrogens with zero attached hydrogens (tertiary/aromatic N) is 4. The van der Waals surface area contributed by atoms with Crippen molar-refractivity contribution in [3.05, 3.63) is 48.7 Å². The normalized spacial score (nSPS) is 19.0. The Balaban J connectivity index is 1.92. The number of pyridine rings is 2. The van der Waals surface area contributed by atoms with E-state index in [2.05, 4.69) is 14.5 Å². The summed E-state index contributed by atoms with van der Waals surface area (Å²) in [6.07, 6.45) is 7.59. The van der Waals surface area contributed by atoms with E-state index in [9.17, 15) is 0 Å². The van der Waals surface area contributed by atoms with Crippen LogP contribution in [0.1, 0.15) is 24.6 Å². The van der Waals surface area contributed by atoms with Crippen LogP contribution in [0.2, 0.25) is 0 Å². The van der Waals surface area contributed by atoms with Crippen molar-refractivity contribution in [3.63, 3.8) is 0 Å². The molecule has 0 amide bonds. The zero-order chi connectivity index (χ0) is 14.1. The minimum Gasteiger partial charge on any atom is -0.381 e. The molecular formula is C16H16N4O. The highest BCUT2D eigenvalue weighted by Crippen LogP contribution is 2.29. The van der Waals surface area contributed by atoms with Gasteiger partial charge >= 0.3 is 0 Å². The molecule has 0 aliphatic carbocycles. The predicted octanol–water partition coefficient (Wildman–Crippen LogP) is 2.71. The first kappa shape index (κ1) is 12.5. The Hall–Kier alpha value is -2.27. The van der Waals surface area contributed by atoms with Gasteiger partial charge in [-0.15, -0.1) is 0 Å². The van der Waals surface area contributed by atoms with Gasteiger partial charge in [0.25, 0.3) is 0 Å². The first-order valence-corrected chi connectivity index (χ1v) is 7.25. The van der Waals surface area contributed by atoms with Gasteiger partial charge in [0.15, 0.2) is 5.65 Å². The van der Waals surface area contributed by atoms with Crippen LogP contribution >= 0.6 is 0 Å². The third-order valence-corrected chi connectivity index (χ3v) is 3.89. The van der Waals surface area contributed by atoms with Crippen LogP contribution in [-0.4, -0.2) is 32.7 Å². The van der Waals surface area contributed by atoms with Crippen LogP contribution in [0, 0.1) is 0 Å². The second-order valence-electron chi connectivity index (χ2n) is 5.27. The Bertz CT molecular complexity index is 747. The smallest absolute Gasteiger partial charge is 0.164 e. The zero-order valence-electron chi connectivity index (χ0n) is 11.6. The monoisotopic (exact) mass is 280 g/mol. The maximum Gasteiger partial charge on any atom is 0.164 e. The van der Waals surface area contributed by atoms with E-state index in [1.165, 1.54) is 0 Å². The molecule has 1 fully saturated rings. The van der Waals surface area contributed by atoms with Gasteiger partial charge in [-0.05, 0) is 37.1 Å². The van der Waals surface area contributed by atoms with Crippen molar-refractivity contribution in [3.8, 4) is 5.69 Å². The quantitative estimate of drug-likeness (QED) is 0.724. The fourth-order valence-electron chi connectivity index (χ4n) is 2.90. The fourth-order valence-corrected chi connectivity index (χ4v) is 2.90. The third-order valence-electron chi connectivity index (χ3n) is 3.89. The number of rotatable bonds is 2. The average molecular weight is 280 g/mol. The Labute approximate surface area is 122 Å². The molecule has 21 heavy (non-hydrogen) atoms. The lowest BCUT2D eigenvalue weighted by molar-refractivity contribution is 0.0778. The van der Waals surface area contributed by atoms with E-state index in [0.29, 0.717) is 5.92 Å². The van der Waals surface area contributed by atoms with Crippen molar-refractivity contribution < 1.29 is 4.74 Å². The summed E-state index contributed by atoms with van der Waals surface area (Å²) in [5.41, 5.74) is 2.87. The van der Waals surface area contributed by atoms with E-state index in [-0.39, 0.29) is 0 Å². The molecule has 4 rings (SSSR count). The molecule has 106 valence electrons. The minimum absolute atomic E-state index is 0.320. The minimum atomic E-state index is 0.320. The molecule has 0 aromatic carbocycles. The van der Waals surface area contributed by atoms with E-state index in [1.54, 1.807) is 12.4 Å². The van der Waals surface area contributed by atoms with Crippen LogP contribution in [0.4, 0.5) is 0 Å². The summed E-state index contributed by atoms with van der Waals surface area (Å²) in [6.45, 7) is 1.58. The van der Waals surface area contributed by atoms with Gasteiger partial charge in [0.2, 0.25) is 0 Å². The molecule has 0 N–H and O–H groups in total. The van der Waals surface area contributed by atoms with Crippen molar-refractivity contribution in [2.75, 3.05) is 13.2 Å². The van der Waals surface area contributed by atoms with E-state index in [1.807, 2.05) is 30.5 Å². The van der Waals surface area contributed by atoms with E-state index < -0.39 is 0 Å². The molecule has 4 heterocycles. The molecule has 3 aromatic heterocycles. The lowest BCUT2D eigenvalue weighted by Gasteiger charge is -2.22. The largest absolute Gasteiger partial charge is 0.381 e. The van der Waals surface area contributed by atoms with E-state index in [4.69, 9.17) is 9.72 Å². The molecular weight excluding hydrogens is 264 g/mol. The van der Waals surface area contributed by atoms with Crippen molar-refractivity contribution in [1.82, 2.24) is 19.5 Å². The second-order valence-corrected chi connectivity index (χ2v) is 5.27. The molecule has 5 heteroatoms. The molecule has 3 aromatic rings. The number of ether oxygens (including phenoxy) is 1. The molecule has 1 atom stereocenters. The number of hydrogen-bond acceptors (Lipinski definition) is 4. The first-order chi connectivity index (χ1) is 10.4. The molecule has 0 radical (unpaired) electrons. The van der Waals surface area contributed by atoms with E-state index in [0.717, 1.165) is 48.7 Å². The van der Waals surface area contributed by atoms with Gasteiger partial charge in [0.05, 0.1) is 12.3 Å². The molecule has 0 saturated carbocycles. The summed E-state index contributed by atoms with van der Waals surface area (Å²) in [7, 11) is 0. The van der Waals surface area contributed by atoms with Crippen molar-refractivity contribution in [2.24, 2.45) is 0 Å². The van der Waals surface area contributed by atoms with E-state index >= 15 is 0 Å². The Morgan fingerprint density at radius 2 is 2.05 bits per heavy atom. The summed E-state index contributed by atoms with van der Waals surface area (Å²) < 4.78 is 7.77. The van der Waals surface area contributed by atoms with Crippen molar-refractivity contribution in [2.45, 2.75) is 18.8 Å². The van der Waals surface area contributed by atoms with Gasteiger partial charge < -0.3 is 4.74 Å². The molecule has 0 bridgehead atoms. The summed E-state index contributed by atoms with van der Waals surface area (Å²) in [5, 5.41) is 0. The predicted molar refractivity (Wildman–Crippen MR) is 79.5 cm³/mol. The van der Waals surface area contributed by atoms with Crippen LogP contribution in [0.3, 0.4) is 0 Å². The highest BCUT2D eigenvalue weighted by Gasteiger charge is 2.24. The average Bonchev–Trinajstić information content (AvgIpc) is 2.96. The van der Waals surface area contributed by atoms with Gasteiger partial charge in [-0.1, -0.05) is 0 Å². The third kappa shape index (κ3) is 2.19.